The van der Waals surface area contributed by atoms with Crippen LogP contribution in [0.3, 0.4) is 0 Å². The molecule has 9 nitrogen and oxygen atoms in total. The van der Waals surface area contributed by atoms with Crippen molar-refractivity contribution in [1.82, 2.24) is 5.43 Å². The summed E-state index contributed by atoms with van der Waals surface area (Å²) in [5.74, 6) is -1.18. The SMILES string of the molecule is COc1ccc(NC(=O)C(=O)N/N=C\c2cc(Br)ccc2OCC(=O)Nc2ccc(C)cc2)cc1. The van der Waals surface area contributed by atoms with Crippen LogP contribution in [-0.4, -0.2) is 37.7 Å². The van der Waals surface area contributed by atoms with E-state index in [2.05, 4.69) is 37.1 Å². The largest absolute Gasteiger partial charge is 0.497 e. The maximum Gasteiger partial charge on any atom is 0.329 e. The molecule has 0 fully saturated rings. The number of ether oxygens (including phenoxy) is 2. The number of nitrogens with one attached hydrogen (secondary N) is 3. The van der Waals surface area contributed by atoms with E-state index in [1.54, 1.807) is 54.6 Å². The molecular weight excluding hydrogens is 516 g/mol. The molecule has 35 heavy (non-hydrogen) atoms. The molecule has 3 rings (SSSR count). The predicted molar refractivity (Wildman–Crippen MR) is 137 cm³/mol. The summed E-state index contributed by atoms with van der Waals surface area (Å²) >= 11 is 3.36. The molecule has 0 atom stereocenters. The summed E-state index contributed by atoms with van der Waals surface area (Å²) in [6, 6.07) is 19.0. The lowest BCUT2D eigenvalue weighted by molar-refractivity contribution is -0.136. The molecule has 10 heteroatoms. The smallest absolute Gasteiger partial charge is 0.329 e. The molecule has 0 aliphatic rings. The zero-order valence-electron chi connectivity index (χ0n) is 19.0. The molecule has 0 spiro atoms. The van der Waals surface area contributed by atoms with Crippen molar-refractivity contribution in [2.75, 3.05) is 24.4 Å². The van der Waals surface area contributed by atoms with E-state index in [0.29, 0.717) is 28.4 Å². The molecule has 0 aliphatic heterocycles. The minimum Gasteiger partial charge on any atom is -0.497 e. The summed E-state index contributed by atoms with van der Waals surface area (Å²) in [4.78, 5) is 36.4. The number of hydrogen-bond acceptors (Lipinski definition) is 6. The molecule has 3 aromatic rings. The van der Waals surface area contributed by atoms with Crippen LogP contribution in [0.2, 0.25) is 0 Å². The third-order valence-electron chi connectivity index (χ3n) is 4.59. The molecule has 0 aliphatic carbocycles. The molecule has 0 saturated heterocycles. The van der Waals surface area contributed by atoms with Gasteiger partial charge in [0.15, 0.2) is 6.61 Å². The van der Waals surface area contributed by atoms with Crippen LogP contribution in [0.1, 0.15) is 11.1 Å². The fraction of sp³-hybridized carbons (Fsp3) is 0.120. The third-order valence-corrected chi connectivity index (χ3v) is 5.08. The zero-order valence-corrected chi connectivity index (χ0v) is 20.6. The number of methoxy groups -OCH3 is 1. The van der Waals surface area contributed by atoms with Gasteiger partial charge in [-0.3, -0.25) is 14.4 Å². The minimum absolute atomic E-state index is 0.229. The summed E-state index contributed by atoms with van der Waals surface area (Å²) in [6.45, 7) is 1.73. The van der Waals surface area contributed by atoms with Crippen molar-refractivity contribution in [2.45, 2.75) is 6.92 Å². The Morgan fingerprint density at radius 1 is 0.914 bits per heavy atom. The van der Waals surface area contributed by atoms with E-state index in [1.807, 2.05) is 19.1 Å². The van der Waals surface area contributed by atoms with E-state index in [4.69, 9.17) is 9.47 Å². The number of hydrazone groups is 1. The van der Waals surface area contributed by atoms with Crippen molar-refractivity contribution < 1.29 is 23.9 Å². The summed E-state index contributed by atoms with van der Waals surface area (Å²) < 4.78 is 11.4. The lowest BCUT2D eigenvalue weighted by atomic mass is 10.2. The summed E-state index contributed by atoms with van der Waals surface area (Å²) in [7, 11) is 1.53. The number of benzene rings is 3. The Labute approximate surface area is 210 Å². The molecule has 0 bridgehead atoms. The van der Waals surface area contributed by atoms with E-state index in [-0.39, 0.29) is 12.5 Å². The Kier molecular flexibility index (Phi) is 8.96. The highest BCUT2D eigenvalue weighted by Gasteiger charge is 2.13. The average Bonchev–Trinajstić information content (AvgIpc) is 2.85. The zero-order chi connectivity index (χ0) is 25.2. The lowest BCUT2D eigenvalue weighted by Gasteiger charge is -2.10. The van der Waals surface area contributed by atoms with Gasteiger partial charge in [-0.25, -0.2) is 5.43 Å². The molecule has 0 saturated carbocycles. The molecule has 0 unspecified atom stereocenters. The van der Waals surface area contributed by atoms with Gasteiger partial charge < -0.3 is 20.1 Å². The third kappa shape index (κ3) is 7.97. The second kappa shape index (κ2) is 12.3. The number of carbonyl (C=O) groups is 3. The summed E-state index contributed by atoms with van der Waals surface area (Å²) in [5.41, 5.74) is 4.83. The number of amides is 3. The summed E-state index contributed by atoms with van der Waals surface area (Å²) in [5, 5.41) is 9.04. The van der Waals surface area contributed by atoms with Gasteiger partial charge in [-0.15, -0.1) is 0 Å². The maximum atomic E-state index is 12.2. The van der Waals surface area contributed by atoms with E-state index in [9.17, 15) is 14.4 Å². The first kappa shape index (κ1) is 25.4. The van der Waals surface area contributed by atoms with E-state index in [1.165, 1.54) is 13.3 Å². The van der Waals surface area contributed by atoms with Gasteiger partial charge >= 0.3 is 11.8 Å². The van der Waals surface area contributed by atoms with Crippen LogP contribution in [-0.2, 0) is 14.4 Å². The first-order valence-electron chi connectivity index (χ1n) is 10.4. The molecule has 0 radical (unpaired) electrons. The number of carbonyl (C=O) groups excluding carboxylic acids is 3. The average molecular weight is 539 g/mol. The molecule has 0 heterocycles. The first-order valence-corrected chi connectivity index (χ1v) is 11.2. The van der Waals surface area contributed by atoms with Gasteiger partial charge in [0.1, 0.15) is 11.5 Å². The Balaban J connectivity index is 1.55. The Morgan fingerprint density at radius 2 is 1.57 bits per heavy atom. The fourth-order valence-electron chi connectivity index (χ4n) is 2.80. The molecular formula is C25H23BrN4O5. The highest BCUT2D eigenvalue weighted by Crippen LogP contribution is 2.22. The molecule has 0 aromatic heterocycles. The van der Waals surface area contributed by atoms with Crippen LogP contribution in [0, 0.1) is 6.92 Å². The van der Waals surface area contributed by atoms with E-state index in [0.717, 1.165) is 10.0 Å². The van der Waals surface area contributed by atoms with Crippen molar-refractivity contribution in [2.24, 2.45) is 5.10 Å². The first-order chi connectivity index (χ1) is 16.8. The van der Waals surface area contributed by atoms with Crippen molar-refractivity contribution in [3.8, 4) is 11.5 Å². The highest BCUT2D eigenvalue weighted by molar-refractivity contribution is 9.10. The van der Waals surface area contributed by atoms with Crippen LogP contribution in [0.15, 0.2) is 76.3 Å². The van der Waals surface area contributed by atoms with Crippen LogP contribution in [0.5, 0.6) is 11.5 Å². The highest BCUT2D eigenvalue weighted by atomic mass is 79.9. The minimum atomic E-state index is -0.952. The maximum absolute atomic E-state index is 12.2. The number of anilines is 2. The quantitative estimate of drug-likeness (QED) is 0.228. The van der Waals surface area contributed by atoms with Crippen molar-refractivity contribution in [1.29, 1.82) is 0 Å². The second-order valence-corrected chi connectivity index (χ2v) is 8.18. The van der Waals surface area contributed by atoms with Gasteiger partial charge in [0.25, 0.3) is 5.91 Å². The Bertz CT molecular complexity index is 1230. The normalized spacial score (nSPS) is 10.5. The number of nitrogens with zero attached hydrogens (tertiary/aromatic N) is 1. The van der Waals surface area contributed by atoms with Crippen LogP contribution in [0.25, 0.3) is 0 Å². The fourth-order valence-corrected chi connectivity index (χ4v) is 3.18. The van der Waals surface area contributed by atoms with Gasteiger partial charge in [-0.05, 0) is 61.5 Å². The predicted octanol–water partition coefficient (Wildman–Crippen LogP) is 3.87. The van der Waals surface area contributed by atoms with Gasteiger partial charge in [0, 0.05) is 21.4 Å². The molecule has 3 aromatic carbocycles. The number of hydrogen-bond donors (Lipinski definition) is 3. The standard InChI is InChI=1S/C25H23BrN4O5/c1-16-3-6-19(7-4-16)28-23(31)15-35-22-12-5-18(26)13-17(22)14-27-30-25(33)24(32)29-20-8-10-21(34-2)11-9-20/h3-14H,15H2,1-2H3,(H,28,31)(H,29,32)(H,30,33)/b27-14-. The second-order valence-electron chi connectivity index (χ2n) is 7.27. The van der Waals surface area contributed by atoms with E-state index >= 15 is 0 Å². The van der Waals surface area contributed by atoms with Gasteiger partial charge in [0.2, 0.25) is 0 Å². The summed E-state index contributed by atoms with van der Waals surface area (Å²) in [6.07, 6.45) is 1.32. The van der Waals surface area contributed by atoms with E-state index < -0.39 is 11.8 Å². The van der Waals surface area contributed by atoms with Crippen LogP contribution in [0.4, 0.5) is 11.4 Å². The number of halogens is 1. The van der Waals surface area contributed by atoms with Gasteiger partial charge in [-0.2, -0.15) is 5.10 Å². The van der Waals surface area contributed by atoms with Gasteiger partial charge in [-0.1, -0.05) is 33.6 Å². The van der Waals surface area contributed by atoms with Crippen molar-refractivity contribution >= 4 is 51.2 Å². The molecule has 3 amide bonds. The topological polar surface area (TPSA) is 118 Å². The Hall–Kier alpha value is -4.18. The lowest BCUT2D eigenvalue weighted by Crippen LogP contribution is -2.32. The van der Waals surface area contributed by atoms with Gasteiger partial charge in [0.05, 0.1) is 13.3 Å². The molecule has 180 valence electrons. The van der Waals surface area contributed by atoms with Crippen LogP contribution >= 0.6 is 15.9 Å². The van der Waals surface area contributed by atoms with Crippen molar-refractivity contribution in [3.63, 3.8) is 0 Å². The Morgan fingerprint density at radius 3 is 2.26 bits per heavy atom. The monoisotopic (exact) mass is 538 g/mol. The number of rotatable bonds is 8. The number of aryl methyl sites for hydroxylation is 1. The van der Waals surface area contributed by atoms with Crippen LogP contribution < -0.4 is 25.5 Å². The van der Waals surface area contributed by atoms with Crippen molar-refractivity contribution in [3.05, 3.63) is 82.3 Å². The molecule has 3 N–H and O–H groups in total.